The second-order valence-corrected chi connectivity index (χ2v) is 6.36. The summed E-state index contributed by atoms with van der Waals surface area (Å²) in [6.45, 7) is 9.42. The molecule has 0 heterocycles. The lowest BCUT2D eigenvalue weighted by molar-refractivity contribution is 0.199. The molecule has 1 N–H and O–H groups in total. The van der Waals surface area contributed by atoms with Crippen molar-refractivity contribution >= 4 is 11.8 Å². The molecule has 1 rings (SSSR count). The fourth-order valence-electron chi connectivity index (χ4n) is 1.68. The maximum Gasteiger partial charge on any atom is 0.0587 e. The predicted octanol–water partition coefficient (Wildman–Crippen LogP) is 3.53. The number of hydrogen-bond acceptors (Lipinski definition) is 3. The Morgan fingerprint density at radius 1 is 1.17 bits per heavy atom. The molecule has 1 atom stereocenters. The van der Waals surface area contributed by atoms with Gasteiger partial charge in [-0.05, 0) is 23.6 Å². The van der Waals surface area contributed by atoms with Crippen molar-refractivity contribution in [2.24, 2.45) is 0 Å². The van der Waals surface area contributed by atoms with Crippen LogP contribution in [0, 0.1) is 0 Å². The minimum absolute atomic E-state index is 0.576. The highest BCUT2D eigenvalue weighted by Crippen LogP contribution is 2.24. The zero-order valence-electron chi connectivity index (χ0n) is 11.9. The lowest BCUT2D eigenvalue weighted by Crippen LogP contribution is -2.26. The summed E-state index contributed by atoms with van der Waals surface area (Å²) in [4.78, 5) is 1.35. The fraction of sp³-hybridized carbons (Fsp3) is 0.600. The second kappa shape index (κ2) is 8.57. The molecule has 1 aromatic rings. The molecule has 0 aliphatic carbocycles. The van der Waals surface area contributed by atoms with Crippen LogP contribution in [0.15, 0.2) is 29.2 Å². The van der Waals surface area contributed by atoms with Crippen LogP contribution in [0.1, 0.15) is 32.3 Å². The van der Waals surface area contributed by atoms with E-state index >= 15 is 0 Å². The van der Waals surface area contributed by atoms with Crippen LogP contribution in [0.3, 0.4) is 0 Å². The van der Waals surface area contributed by atoms with Gasteiger partial charge in [-0.3, -0.25) is 0 Å². The molecule has 102 valence electrons. The van der Waals surface area contributed by atoms with Gasteiger partial charge in [0.2, 0.25) is 0 Å². The third kappa shape index (κ3) is 5.89. The Bertz CT molecular complexity index is 324. The van der Waals surface area contributed by atoms with Crippen LogP contribution >= 0.6 is 11.8 Å². The van der Waals surface area contributed by atoms with Crippen LogP contribution in [0.4, 0.5) is 0 Å². The zero-order valence-corrected chi connectivity index (χ0v) is 12.7. The second-order valence-electron chi connectivity index (χ2n) is 4.85. The van der Waals surface area contributed by atoms with Crippen molar-refractivity contribution < 1.29 is 4.74 Å². The van der Waals surface area contributed by atoms with Crippen LogP contribution in [0.2, 0.25) is 0 Å². The van der Waals surface area contributed by atoms with E-state index in [-0.39, 0.29) is 0 Å². The number of ether oxygens (including phenoxy) is 1. The topological polar surface area (TPSA) is 21.3 Å². The zero-order chi connectivity index (χ0) is 13.4. The Morgan fingerprint density at radius 2 is 1.83 bits per heavy atom. The molecule has 18 heavy (non-hydrogen) atoms. The molecule has 0 bridgehead atoms. The van der Waals surface area contributed by atoms with E-state index in [9.17, 15) is 0 Å². The standard InChI is InChI=1S/C15H25NOS/c1-12(2)14-5-7-15(8-6-14)18-13(3)11-16-9-10-17-4/h5-8,12-13,16H,9-11H2,1-4H3. The third-order valence-corrected chi connectivity index (χ3v) is 3.91. The molecule has 1 unspecified atom stereocenters. The van der Waals surface area contributed by atoms with Crippen LogP contribution in [-0.4, -0.2) is 32.1 Å². The summed E-state index contributed by atoms with van der Waals surface area (Å²) in [7, 11) is 1.73. The summed E-state index contributed by atoms with van der Waals surface area (Å²) in [5.41, 5.74) is 1.41. The molecule has 0 saturated carbocycles. The van der Waals surface area contributed by atoms with Crippen molar-refractivity contribution in [1.82, 2.24) is 5.32 Å². The van der Waals surface area contributed by atoms with Crippen molar-refractivity contribution in [2.45, 2.75) is 36.8 Å². The average Bonchev–Trinajstić information content (AvgIpc) is 2.35. The van der Waals surface area contributed by atoms with Crippen molar-refractivity contribution in [3.63, 3.8) is 0 Å². The molecule has 1 aromatic carbocycles. The number of methoxy groups -OCH3 is 1. The monoisotopic (exact) mass is 267 g/mol. The van der Waals surface area contributed by atoms with Gasteiger partial charge >= 0.3 is 0 Å². The molecular formula is C15H25NOS. The van der Waals surface area contributed by atoms with E-state index in [2.05, 4.69) is 50.4 Å². The number of nitrogens with one attached hydrogen (secondary N) is 1. The maximum absolute atomic E-state index is 5.01. The smallest absolute Gasteiger partial charge is 0.0587 e. The number of hydrogen-bond donors (Lipinski definition) is 1. The molecule has 0 radical (unpaired) electrons. The van der Waals surface area contributed by atoms with Crippen LogP contribution in [0.25, 0.3) is 0 Å². The molecular weight excluding hydrogens is 242 g/mol. The van der Waals surface area contributed by atoms with Gasteiger partial charge in [0.15, 0.2) is 0 Å². The fourth-order valence-corrected chi connectivity index (χ4v) is 2.64. The van der Waals surface area contributed by atoms with Gasteiger partial charge in [0.05, 0.1) is 6.61 Å². The van der Waals surface area contributed by atoms with Crippen molar-refractivity contribution in [2.75, 3.05) is 26.8 Å². The van der Waals surface area contributed by atoms with Gasteiger partial charge < -0.3 is 10.1 Å². The van der Waals surface area contributed by atoms with Crippen molar-refractivity contribution in [1.29, 1.82) is 0 Å². The van der Waals surface area contributed by atoms with Crippen LogP contribution in [0.5, 0.6) is 0 Å². The first-order valence-electron chi connectivity index (χ1n) is 6.59. The highest BCUT2D eigenvalue weighted by Gasteiger charge is 2.05. The van der Waals surface area contributed by atoms with Gasteiger partial charge in [-0.25, -0.2) is 0 Å². The minimum atomic E-state index is 0.576. The van der Waals surface area contributed by atoms with E-state index < -0.39 is 0 Å². The molecule has 0 amide bonds. The van der Waals surface area contributed by atoms with Crippen LogP contribution < -0.4 is 5.32 Å². The van der Waals surface area contributed by atoms with Crippen molar-refractivity contribution in [3.05, 3.63) is 29.8 Å². The van der Waals surface area contributed by atoms with Gasteiger partial charge in [-0.1, -0.05) is 32.9 Å². The first-order chi connectivity index (χ1) is 8.63. The summed E-state index contributed by atoms with van der Waals surface area (Å²) < 4.78 is 5.01. The van der Waals surface area contributed by atoms with Gasteiger partial charge in [0, 0.05) is 30.3 Å². The molecule has 0 aliphatic rings. The molecule has 3 heteroatoms. The Kier molecular flexibility index (Phi) is 7.40. The number of rotatable bonds is 8. The van der Waals surface area contributed by atoms with Gasteiger partial charge in [-0.15, -0.1) is 11.8 Å². The lowest BCUT2D eigenvalue weighted by atomic mass is 10.0. The maximum atomic E-state index is 5.01. The molecule has 0 fully saturated rings. The molecule has 0 saturated heterocycles. The molecule has 2 nitrogen and oxygen atoms in total. The number of benzene rings is 1. The highest BCUT2D eigenvalue weighted by molar-refractivity contribution is 8.00. The van der Waals surface area contributed by atoms with Crippen LogP contribution in [-0.2, 0) is 4.74 Å². The van der Waals surface area contributed by atoms with Gasteiger partial charge in [-0.2, -0.15) is 0 Å². The Morgan fingerprint density at radius 3 is 2.39 bits per heavy atom. The quantitative estimate of drug-likeness (QED) is 0.575. The Balaban J connectivity index is 2.32. The predicted molar refractivity (Wildman–Crippen MR) is 80.6 cm³/mol. The largest absolute Gasteiger partial charge is 0.383 e. The lowest BCUT2D eigenvalue weighted by Gasteiger charge is -2.13. The Labute approximate surface area is 116 Å². The molecule has 0 spiro atoms. The average molecular weight is 267 g/mol. The van der Waals surface area contributed by atoms with E-state index in [0.717, 1.165) is 19.7 Å². The van der Waals surface area contributed by atoms with E-state index in [4.69, 9.17) is 4.74 Å². The highest BCUT2D eigenvalue weighted by atomic mass is 32.2. The summed E-state index contributed by atoms with van der Waals surface area (Å²) in [5.74, 6) is 0.609. The summed E-state index contributed by atoms with van der Waals surface area (Å²) in [6.07, 6.45) is 0. The SMILES string of the molecule is COCCNCC(C)Sc1ccc(C(C)C)cc1. The molecule has 0 aliphatic heterocycles. The molecule has 0 aromatic heterocycles. The van der Waals surface area contributed by atoms with E-state index in [1.807, 2.05) is 11.8 Å². The first-order valence-corrected chi connectivity index (χ1v) is 7.47. The summed E-state index contributed by atoms with van der Waals surface area (Å²) in [6, 6.07) is 8.92. The Hall–Kier alpha value is -0.510. The van der Waals surface area contributed by atoms with Crippen molar-refractivity contribution in [3.8, 4) is 0 Å². The minimum Gasteiger partial charge on any atom is -0.383 e. The first kappa shape index (κ1) is 15.5. The third-order valence-electron chi connectivity index (χ3n) is 2.80. The van der Waals surface area contributed by atoms with Gasteiger partial charge in [0.25, 0.3) is 0 Å². The van der Waals surface area contributed by atoms with E-state index in [0.29, 0.717) is 11.2 Å². The summed E-state index contributed by atoms with van der Waals surface area (Å²) >= 11 is 1.92. The van der Waals surface area contributed by atoms with E-state index in [1.165, 1.54) is 10.5 Å². The normalized spacial score (nSPS) is 12.9. The summed E-state index contributed by atoms with van der Waals surface area (Å²) in [5, 5.41) is 3.97. The number of thioether (sulfide) groups is 1. The van der Waals surface area contributed by atoms with E-state index in [1.54, 1.807) is 7.11 Å². The van der Waals surface area contributed by atoms with Gasteiger partial charge in [0.1, 0.15) is 0 Å².